The highest BCUT2D eigenvalue weighted by Crippen LogP contribution is 2.31. The largest absolute Gasteiger partial charge is 0.360 e. The van der Waals surface area contributed by atoms with Crippen LogP contribution in [0.5, 0.6) is 0 Å². The number of nitrogens with one attached hydrogen (secondary N) is 1. The summed E-state index contributed by atoms with van der Waals surface area (Å²) < 4.78 is 0. The molecule has 2 aromatic rings. The van der Waals surface area contributed by atoms with Gasteiger partial charge in [0.1, 0.15) is 5.56 Å². The molecule has 1 aromatic carbocycles. The predicted molar refractivity (Wildman–Crippen MR) is 94.5 cm³/mol. The monoisotopic (exact) mass is 339 g/mol. The van der Waals surface area contributed by atoms with E-state index in [9.17, 15) is 14.4 Å². The van der Waals surface area contributed by atoms with Crippen LogP contribution in [0.25, 0.3) is 10.9 Å². The van der Waals surface area contributed by atoms with Crippen molar-refractivity contribution in [1.29, 1.82) is 0 Å². The number of likely N-dealkylation sites (tertiary alicyclic amines) is 2. The van der Waals surface area contributed by atoms with E-state index in [1.54, 1.807) is 22.9 Å². The molecule has 2 amide bonds. The molecule has 0 unspecified atom stereocenters. The average Bonchev–Trinajstić information content (AvgIpc) is 2.90. The van der Waals surface area contributed by atoms with Crippen molar-refractivity contribution in [2.24, 2.45) is 5.92 Å². The lowest BCUT2D eigenvalue weighted by molar-refractivity contribution is -0.130. The Morgan fingerprint density at radius 1 is 1.28 bits per heavy atom. The molecule has 2 fully saturated rings. The fourth-order valence-corrected chi connectivity index (χ4v) is 4.19. The Labute approximate surface area is 145 Å². The van der Waals surface area contributed by atoms with Crippen molar-refractivity contribution in [3.05, 3.63) is 45.7 Å². The van der Waals surface area contributed by atoms with Gasteiger partial charge >= 0.3 is 0 Å². The summed E-state index contributed by atoms with van der Waals surface area (Å²) in [5.74, 6) is -0.308. The molecule has 130 valence electrons. The molecule has 2 atom stereocenters. The van der Waals surface area contributed by atoms with Crippen LogP contribution in [-0.4, -0.2) is 52.8 Å². The summed E-state index contributed by atoms with van der Waals surface area (Å²) in [7, 11) is 1.77. The number of hydrogen-bond acceptors (Lipinski definition) is 3. The number of carbonyl (C=O) groups excluding carboxylic acids is 2. The first kappa shape index (κ1) is 15.9. The number of carbonyl (C=O) groups is 2. The third-order valence-corrected chi connectivity index (χ3v) is 5.55. The number of rotatable bonds is 1. The van der Waals surface area contributed by atoms with Crippen LogP contribution in [0.1, 0.15) is 28.8 Å². The highest BCUT2D eigenvalue weighted by atomic mass is 16.2. The quantitative estimate of drug-likeness (QED) is 0.856. The normalized spacial score (nSPS) is 23.2. The SMILES string of the molecule is Cc1cccc2c(=O)c(C(=O)N3CCC[C@H]4C(=O)N(C)C[C@H]43)c[nH]c12. The fraction of sp³-hybridized carbons (Fsp3) is 0.421. The summed E-state index contributed by atoms with van der Waals surface area (Å²) in [6.07, 6.45) is 3.12. The number of aryl methyl sites for hydroxylation is 1. The zero-order valence-corrected chi connectivity index (χ0v) is 14.4. The highest BCUT2D eigenvalue weighted by Gasteiger charge is 2.45. The number of pyridine rings is 1. The van der Waals surface area contributed by atoms with E-state index in [-0.39, 0.29) is 34.8 Å². The fourth-order valence-electron chi connectivity index (χ4n) is 4.19. The number of hydrogen-bond donors (Lipinski definition) is 1. The molecule has 3 heterocycles. The van der Waals surface area contributed by atoms with Crippen LogP contribution in [0.2, 0.25) is 0 Å². The van der Waals surface area contributed by atoms with Crippen molar-refractivity contribution in [3.8, 4) is 0 Å². The van der Waals surface area contributed by atoms with Crippen molar-refractivity contribution < 1.29 is 9.59 Å². The number of benzene rings is 1. The van der Waals surface area contributed by atoms with Crippen LogP contribution in [0, 0.1) is 12.8 Å². The molecule has 2 aliphatic heterocycles. The van der Waals surface area contributed by atoms with Gasteiger partial charge in [-0.05, 0) is 31.4 Å². The second-order valence-electron chi connectivity index (χ2n) is 7.06. The zero-order valence-electron chi connectivity index (χ0n) is 14.4. The van der Waals surface area contributed by atoms with E-state index in [1.807, 2.05) is 19.1 Å². The van der Waals surface area contributed by atoms with Gasteiger partial charge in [0, 0.05) is 31.7 Å². The van der Waals surface area contributed by atoms with Gasteiger partial charge in [-0.25, -0.2) is 0 Å². The lowest BCUT2D eigenvalue weighted by Gasteiger charge is -2.35. The first-order chi connectivity index (χ1) is 12.0. The van der Waals surface area contributed by atoms with Gasteiger partial charge in [-0.1, -0.05) is 12.1 Å². The molecule has 25 heavy (non-hydrogen) atoms. The van der Waals surface area contributed by atoms with Crippen LogP contribution < -0.4 is 5.43 Å². The van der Waals surface area contributed by atoms with Crippen molar-refractivity contribution in [2.45, 2.75) is 25.8 Å². The van der Waals surface area contributed by atoms with E-state index in [2.05, 4.69) is 4.98 Å². The molecule has 2 aliphatic rings. The maximum absolute atomic E-state index is 13.1. The molecule has 0 bridgehead atoms. The Morgan fingerprint density at radius 2 is 2.08 bits per heavy atom. The van der Waals surface area contributed by atoms with E-state index >= 15 is 0 Å². The van der Waals surface area contributed by atoms with Crippen molar-refractivity contribution in [1.82, 2.24) is 14.8 Å². The third-order valence-electron chi connectivity index (χ3n) is 5.55. The summed E-state index contributed by atoms with van der Waals surface area (Å²) in [4.78, 5) is 44.7. The first-order valence-corrected chi connectivity index (χ1v) is 8.66. The van der Waals surface area contributed by atoms with Crippen molar-refractivity contribution in [2.75, 3.05) is 20.1 Å². The van der Waals surface area contributed by atoms with Crippen molar-refractivity contribution >= 4 is 22.7 Å². The minimum Gasteiger partial charge on any atom is -0.360 e. The Bertz CT molecular complexity index is 933. The Hall–Kier alpha value is -2.63. The minimum absolute atomic E-state index is 0.102. The summed E-state index contributed by atoms with van der Waals surface area (Å²) in [6, 6.07) is 5.35. The highest BCUT2D eigenvalue weighted by molar-refractivity contribution is 5.98. The molecule has 0 saturated carbocycles. The average molecular weight is 339 g/mol. The van der Waals surface area contributed by atoms with Crippen LogP contribution >= 0.6 is 0 Å². The van der Waals surface area contributed by atoms with Gasteiger partial charge in [0.25, 0.3) is 5.91 Å². The maximum atomic E-state index is 13.1. The van der Waals surface area contributed by atoms with Gasteiger partial charge in [0.05, 0.1) is 17.5 Å². The second kappa shape index (κ2) is 5.72. The molecule has 6 heteroatoms. The van der Waals surface area contributed by atoms with Gasteiger partial charge in [0.15, 0.2) is 0 Å². The summed E-state index contributed by atoms with van der Waals surface area (Å²) in [5, 5.41) is 0.527. The number of H-pyrrole nitrogens is 1. The number of aromatic nitrogens is 1. The molecule has 6 nitrogen and oxygen atoms in total. The van der Waals surface area contributed by atoms with E-state index in [4.69, 9.17) is 0 Å². The number of likely N-dealkylation sites (N-methyl/N-ethyl adjacent to an activating group) is 1. The molecule has 0 aliphatic carbocycles. The Balaban J connectivity index is 1.74. The van der Waals surface area contributed by atoms with Crippen LogP contribution in [0.4, 0.5) is 0 Å². The first-order valence-electron chi connectivity index (χ1n) is 8.66. The number of para-hydroxylation sites is 1. The summed E-state index contributed by atoms with van der Waals surface area (Å²) >= 11 is 0. The van der Waals surface area contributed by atoms with E-state index in [0.29, 0.717) is 18.5 Å². The third kappa shape index (κ3) is 2.35. The molecular weight excluding hydrogens is 318 g/mol. The summed E-state index contributed by atoms with van der Waals surface area (Å²) in [5.41, 5.74) is 1.63. The van der Waals surface area contributed by atoms with Crippen LogP contribution in [0.15, 0.2) is 29.2 Å². The molecule has 2 saturated heterocycles. The van der Waals surface area contributed by atoms with Crippen molar-refractivity contribution in [3.63, 3.8) is 0 Å². The second-order valence-corrected chi connectivity index (χ2v) is 7.06. The molecule has 4 rings (SSSR count). The number of fused-ring (bicyclic) bond motifs is 2. The minimum atomic E-state index is -0.276. The molecule has 1 aromatic heterocycles. The lowest BCUT2D eigenvalue weighted by atomic mass is 9.91. The van der Waals surface area contributed by atoms with Gasteiger partial charge in [-0.2, -0.15) is 0 Å². The number of aromatic amines is 1. The molecular formula is C19H21N3O3. The Kier molecular flexibility index (Phi) is 3.63. The molecule has 0 radical (unpaired) electrons. The molecule has 0 spiro atoms. The topological polar surface area (TPSA) is 73.5 Å². The Morgan fingerprint density at radius 3 is 2.88 bits per heavy atom. The number of piperidine rings is 1. The van der Waals surface area contributed by atoms with Crippen LogP contribution in [0.3, 0.4) is 0 Å². The maximum Gasteiger partial charge on any atom is 0.259 e. The zero-order chi connectivity index (χ0) is 17.7. The van der Waals surface area contributed by atoms with Gasteiger partial charge in [0.2, 0.25) is 11.3 Å². The van der Waals surface area contributed by atoms with Gasteiger partial charge in [-0.3, -0.25) is 14.4 Å². The smallest absolute Gasteiger partial charge is 0.259 e. The van der Waals surface area contributed by atoms with E-state index in [0.717, 1.165) is 23.9 Å². The molecule has 1 N–H and O–H groups in total. The van der Waals surface area contributed by atoms with E-state index < -0.39 is 0 Å². The number of nitrogens with zero attached hydrogens (tertiary/aromatic N) is 2. The van der Waals surface area contributed by atoms with E-state index in [1.165, 1.54) is 6.20 Å². The summed E-state index contributed by atoms with van der Waals surface area (Å²) in [6.45, 7) is 3.06. The van der Waals surface area contributed by atoms with Gasteiger partial charge < -0.3 is 14.8 Å². The predicted octanol–water partition coefficient (Wildman–Crippen LogP) is 1.53. The lowest BCUT2D eigenvalue weighted by Crippen LogP contribution is -2.49. The van der Waals surface area contributed by atoms with Crippen LogP contribution in [-0.2, 0) is 4.79 Å². The standard InChI is InChI=1S/C19H21N3O3/c1-11-5-3-6-13-16(11)20-9-14(17(13)23)19(25)22-8-4-7-12-15(22)10-21(2)18(12)24/h3,5-6,9,12,15H,4,7-8,10H2,1-2H3,(H,20,23)/t12-,15-/m1/s1. The number of amides is 2. The van der Waals surface area contributed by atoms with Gasteiger partial charge in [-0.15, -0.1) is 0 Å².